The summed E-state index contributed by atoms with van der Waals surface area (Å²) in [5.74, 6) is -0.857. The van der Waals surface area contributed by atoms with Crippen molar-refractivity contribution in [3.8, 4) is 0 Å². The van der Waals surface area contributed by atoms with Crippen molar-refractivity contribution >= 4 is 30.1 Å². The molecular weight excluding hydrogens is 324 g/mol. The summed E-state index contributed by atoms with van der Waals surface area (Å²) in [4.78, 5) is 34.6. The van der Waals surface area contributed by atoms with E-state index in [-0.39, 0.29) is 61.4 Å². The Hall–Kier alpha value is -2.06. The molecule has 0 bridgehead atoms. The van der Waals surface area contributed by atoms with E-state index in [0.29, 0.717) is 0 Å². The number of carbonyl (C=O) groups is 3. The summed E-state index contributed by atoms with van der Waals surface area (Å²) in [7, 11) is 0. The van der Waals surface area contributed by atoms with Gasteiger partial charge in [0.2, 0.25) is 11.8 Å². The fourth-order valence-corrected chi connectivity index (χ4v) is 1.52. The number of rotatable bonds is 8. The van der Waals surface area contributed by atoms with Gasteiger partial charge in [-0.15, -0.1) is 12.4 Å². The van der Waals surface area contributed by atoms with E-state index >= 15 is 0 Å². The van der Waals surface area contributed by atoms with Gasteiger partial charge in [0, 0.05) is 13.1 Å². The minimum Gasteiger partial charge on any atom is -0.459 e. The molecule has 1 atom stereocenters. The summed E-state index contributed by atoms with van der Waals surface area (Å²) in [6.07, 6.45) is 1.40. The van der Waals surface area contributed by atoms with Crippen LogP contribution < -0.4 is 21.7 Å². The SMILES string of the molecule is CC(C)[C@H](N)C(=O)NCC(=O)NCCNC(=O)c1ccco1.Cl. The zero-order valence-corrected chi connectivity index (χ0v) is 13.9. The van der Waals surface area contributed by atoms with Crippen LogP contribution in [0.4, 0.5) is 0 Å². The lowest BCUT2D eigenvalue weighted by Gasteiger charge is -2.15. The molecule has 5 N–H and O–H groups in total. The first kappa shape index (κ1) is 20.9. The minimum atomic E-state index is -0.639. The van der Waals surface area contributed by atoms with E-state index in [9.17, 15) is 14.4 Å². The van der Waals surface area contributed by atoms with Crippen molar-refractivity contribution in [3.63, 3.8) is 0 Å². The Kier molecular flexibility index (Phi) is 9.68. The molecule has 0 unspecified atom stereocenters. The first-order chi connectivity index (χ1) is 10.4. The Morgan fingerprint density at radius 1 is 1.17 bits per heavy atom. The number of carbonyl (C=O) groups excluding carboxylic acids is 3. The zero-order chi connectivity index (χ0) is 16.5. The molecule has 8 nitrogen and oxygen atoms in total. The van der Waals surface area contributed by atoms with Gasteiger partial charge in [-0.2, -0.15) is 0 Å². The van der Waals surface area contributed by atoms with Crippen LogP contribution in [0.2, 0.25) is 0 Å². The van der Waals surface area contributed by atoms with Gasteiger partial charge < -0.3 is 26.1 Å². The lowest BCUT2D eigenvalue weighted by molar-refractivity contribution is -0.127. The van der Waals surface area contributed by atoms with Crippen LogP contribution in [0.25, 0.3) is 0 Å². The zero-order valence-electron chi connectivity index (χ0n) is 13.1. The molecule has 1 aromatic heterocycles. The van der Waals surface area contributed by atoms with Gasteiger partial charge in [-0.05, 0) is 18.1 Å². The van der Waals surface area contributed by atoms with Crippen molar-refractivity contribution in [2.24, 2.45) is 11.7 Å². The molecule has 0 aliphatic heterocycles. The number of amides is 3. The molecule has 0 fully saturated rings. The van der Waals surface area contributed by atoms with E-state index < -0.39 is 6.04 Å². The van der Waals surface area contributed by atoms with Crippen LogP contribution >= 0.6 is 12.4 Å². The van der Waals surface area contributed by atoms with Gasteiger partial charge in [-0.3, -0.25) is 14.4 Å². The summed E-state index contributed by atoms with van der Waals surface area (Å²) in [5, 5.41) is 7.61. The Morgan fingerprint density at radius 2 is 1.83 bits per heavy atom. The molecular formula is C14H23ClN4O4. The van der Waals surface area contributed by atoms with Gasteiger partial charge in [0.1, 0.15) is 0 Å². The molecule has 0 aromatic carbocycles. The van der Waals surface area contributed by atoms with E-state index in [2.05, 4.69) is 16.0 Å². The van der Waals surface area contributed by atoms with Crippen molar-refractivity contribution < 1.29 is 18.8 Å². The predicted octanol–water partition coefficient (Wildman–Crippen LogP) is -0.353. The molecule has 0 radical (unpaired) electrons. The molecule has 9 heteroatoms. The van der Waals surface area contributed by atoms with Gasteiger partial charge in [0.05, 0.1) is 18.8 Å². The standard InChI is InChI=1S/C14H22N4O4.ClH/c1-9(2)12(15)14(21)18-8-11(19)16-5-6-17-13(20)10-4-3-7-22-10;/h3-4,7,9,12H,5-6,8,15H2,1-2H3,(H,16,19)(H,17,20)(H,18,21);1H/t12-;/m0./s1. The highest BCUT2D eigenvalue weighted by molar-refractivity contribution is 5.91. The van der Waals surface area contributed by atoms with Crippen LogP contribution in [0.1, 0.15) is 24.4 Å². The molecule has 0 aliphatic rings. The molecule has 1 heterocycles. The number of furan rings is 1. The first-order valence-electron chi connectivity index (χ1n) is 7.03. The maximum atomic E-state index is 11.6. The average Bonchev–Trinajstić information content (AvgIpc) is 3.02. The second-order valence-electron chi connectivity index (χ2n) is 5.07. The number of nitrogens with one attached hydrogen (secondary N) is 3. The highest BCUT2D eigenvalue weighted by Gasteiger charge is 2.17. The van der Waals surface area contributed by atoms with E-state index in [1.165, 1.54) is 6.26 Å². The summed E-state index contributed by atoms with van der Waals surface area (Å²) in [5.41, 5.74) is 5.65. The van der Waals surface area contributed by atoms with Crippen molar-refractivity contribution in [2.75, 3.05) is 19.6 Å². The van der Waals surface area contributed by atoms with Crippen LogP contribution in [-0.2, 0) is 9.59 Å². The maximum absolute atomic E-state index is 11.6. The first-order valence-corrected chi connectivity index (χ1v) is 7.03. The largest absolute Gasteiger partial charge is 0.459 e. The molecule has 0 saturated heterocycles. The second kappa shape index (κ2) is 10.6. The summed E-state index contributed by atoms with van der Waals surface area (Å²) < 4.78 is 4.92. The third kappa shape index (κ3) is 7.66. The highest BCUT2D eigenvalue weighted by Crippen LogP contribution is 1.98. The van der Waals surface area contributed by atoms with Crippen LogP contribution in [0.5, 0.6) is 0 Å². The Balaban J connectivity index is 0.00000484. The lowest BCUT2D eigenvalue weighted by atomic mass is 10.1. The van der Waals surface area contributed by atoms with Gasteiger partial charge in [0.15, 0.2) is 5.76 Å². The predicted molar refractivity (Wildman–Crippen MR) is 87.1 cm³/mol. The molecule has 1 aromatic rings. The third-order valence-electron chi connectivity index (χ3n) is 2.92. The van der Waals surface area contributed by atoms with Gasteiger partial charge in [-0.1, -0.05) is 13.8 Å². The number of hydrogen-bond donors (Lipinski definition) is 4. The lowest BCUT2D eigenvalue weighted by Crippen LogP contribution is -2.47. The number of halogens is 1. The number of hydrogen-bond acceptors (Lipinski definition) is 5. The summed E-state index contributed by atoms with van der Waals surface area (Å²) in [6, 6.07) is 2.52. The molecule has 130 valence electrons. The average molecular weight is 347 g/mol. The van der Waals surface area contributed by atoms with Crippen molar-refractivity contribution in [1.82, 2.24) is 16.0 Å². The van der Waals surface area contributed by atoms with Gasteiger partial charge in [0.25, 0.3) is 5.91 Å². The monoisotopic (exact) mass is 346 g/mol. The van der Waals surface area contributed by atoms with Gasteiger partial charge in [-0.25, -0.2) is 0 Å². The van der Waals surface area contributed by atoms with E-state index in [4.69, 9.17) is 10.2 Å². The molecule has 0 aliphatic carbocycles. The van der Waals surface area contributed by atoms with E-state index in [1.807, 2.05) is 13.8 Å². The van der Waals surface area contributed by atoms with Gasteiger partial charge >= 0.3 is 0 Å². The third-order valence-corrected chi connectivity index (χ3v) is 2.92. The normalized spacial score (nSPS) is 11.3. The quantitative estimate of drug-likeness (QED) is 0.478. The van der Waals surface area contributed by atoms with Crippen LogP contribution in [-0.4, -0.2) is 43.4 Å². The van der Waals surface area contributed by atoms with Crippen molar-refractivity contribution in [2.45, 2.75) is 19.9 Å². The van der Waals surface area contributed by atoms with Crippen LogP contribution in [0.3, 0.4) is 0 Å². The van der Waals surface area contributed by atoms with Crippen molar-refractivity contribution in [3.05, 3.63) is 24.2 Å². The molecule has 0 saturated carbocycles. The summed E-state index contributed by atoms with van der Waals surface area (Å²) >= 11 is 0. The van der Waals surface area contributed by atoms with E-state index in [0.717, 1.165) is 0 Å². The smallest absolute Gasteiger partial charge is 0.287 e. The number of nitrogens with two attached hydrogens (primary N) is 1. The molecule has 1 rings (SSSR count). The fourth-order valence-electron chi connectivity index (χ4n) is 1.52. The Bertz CT molecular complexity index is 505. The van der Waals surface area contributed by atoms with E-state index in [1.54, 1.807) is 12.1 Å². The minimum absolute atomic E-state index is 0. The molecule has 0 spiro atoms. The Labute approximate surface area is 141 Å². The van der Waals surface area contributed by atoms with Crippen LogP contribution in [0, 0.1) is 5.92 Å². The maximum Gasteiger partial charge on any atom is 0.287 e. The molecule has 23 heavy (non-hydrogen) atoms. The second-order valence-corrected chi connectivity index (χ2v) is 5.07. The highest BCUT2D eigenvalue weighted by atomic mass is 35.5. The topological polar surface area (TPSA) is 126 Å². The fraction of sp³-hybridized carbons (Fsp3) is 0.500. The Morgan fingerprint density at radius 3 is 2.39 bits per heavy atom. The van der Waals surface area contributed by atoms with Crippen LogP contribution in [0.15, 0.2) is 22.8 Å². The summed E-state index contributed by atoms with van der Waals surface area (Å²) in [6.45, 7) is 4.01. The van der Waals surface area contributed by atoms with Crippen molar-refractivity contribution in [1.29, 1.82) is 0 Å². The molecule has 3 amide bonds.